The van der Waals surface area contributed by atoms with Crippen LogP contribution in [0.25, 0.3) is 10.8 Å². The number of hydrogen-bond acceptors (Lipinski definition) is 7. The molecule has 1 fully saturated rings. The molecule has 8 heteroatoms. The van der Waals surface area contributed by atoms with Crippen LogP contribution < -0.4 is 9.64 Å². The van der Waals surface area contributed by atoms with E-state index >= 15 is 0 Å². The van der Waals surface area contributed by atoms with Crippen molar-refractivity contribution in [3.63, 3.8) is 0 Å². The van der Waals surface area contributed by atoms with E-state index in [-0.39, 0.29) is 17.0 Å². The van der Waals surface area contributed by atoms with Gasteiger partial charge < -0.3 is 14.4 Å². The molecule has 8 nitrogen and oxygen atoms in total. The van der Waals surface area contributed by atoms with E-state index in [0.29, 0.717) is 11.3 Å². The number of rotatable bonds is 7. The lowest BCUT2D eigenvalue weighted by molar-refractivity contribution is -0.384. The molecule has 0 aromatic heterocycles. The van der Waals surface area contributed by atoms with E-state index in [1.165, 1.54) is 12.1 Å². The molecule has 0 amide bonds. The first-order chi connectivity index (χ1) is 16.0. The zero-order valence-corrected chi connectivity index (χ0v) is 18.3. The quantitative estimate of drug-likeness (QED) is 0.222. The Bertz CT molecular complexity index is 1220. The SMILES string of the molecule is COc1ccc2cc(C(=O)COC(=O)c3ccc(N4CCCCC4)c([N+](=O)[O-])c3)ccc2c1. The van der Waals surface area contributed by atoms with Gasteiger partial charge in [0.2, 0.25) is 0 Å². The minimum atomic E-state index is -0.776. The van der Waals surface area contributed by atoms with Gasteiger partial charge in [0.15, 0.2) is 12.4 Å². The summed E-state index contributed by atoms with van der Waals surface area (Å²) in [6.07, 6.45) is 3.06. The van der Waals surface area contributed by atoms with Crippen LogP contribution in [0.15, 0.2) is 54.6 Å². The first kappa shape index (κ1) is 22.3. The predicted octanol–water partition coefficient (Wildman–Crippen LogP) is 4.79. The summed E-state index contributed by atoms with van der Waals surface area (Å²) in [4.78, 5) is 38.1. The van der Waals surface area contributed by atoms with Crippen LogP contribution in [0.3, 0.4) is 0 Å². The molecule has 0 N–H and O–H groups in total. The number of benzene rings is 3. The lowest BCUT2D eigenvalue weighted by Gasteiger charge is -2.28. The van der Waals surface area contributed by atoms with Crippen LogP contribution in [-0.2, 0) is 4.74 Å². The summed E-state index contributed by atoms with van der Waals surface area (Å²) < 4.78 is 10.4. The molecule has 170 valence electrons. The molecule has 1 aliphatic heterocycles. The highest BCUT2D eigenvalue weighted by atomic mass is 16.6. The van der Waals surface area contributed by atoms with Crippen molar-refractivity contribution in [1.82, 2.24) is 0 Å². The van der Waals surface area contributed by atoms with Gasteiger partial charge >= 0.3 is 5.97 Å². The maximum Gasteiger partial charge on any atom is 0.338 e. The third-order valence-electron chi connectivity index (χ3n) is 5.81. The van der Waals surface area contributed by atoms with E-state index in [2.05, 4.69) is 0 Å². The number of nitro benzene ring substituents is 1. The third kappa shape index (κ3) is 4.95. The smallest absolute Gasteiger partial charge is 0.338 e. The van der Waals surface area contributed by atoms with Crippen molar-refractivity contribution in [1.29, 1.82) is 0 Å². The number of ketones is 1. The third-order valence-corrected chi connectivity index (χ3v) is 5.81. The molecule has 3 aromatic rings. The summed E-state index contributed by atoms with van der Waals surface area (Å²) in [7, 11) is 1.59. The van der Waals surface area contributed by atoms with Crippen molar-refractivity contribution < 1.29 is 24.0 Å². The maximum absolute atomic E-state index is 12.6. The zero-order valence-electron chi connectivity index (χ0n) is 18.3. The molecule has 1 aliphatic rings. The van der Waals surface area contributed by atoms with Gasteiger partial charge in [-0.25, -0.2) is 4.79 Å². The number of carbonyl (C=O) groups is 2. The van der Waals surface area contributed by atoms with Gasteiger partial charge in [-0.3, -0.25) is 14.9 Å². The molecule has 0 spiro atoms. The van der Waals surface area contributed by atoms with Crippen molar-refractivity contribution in [2.24, 2.45) is 0 Å². The molecule has 0 unspecified atom stereocenters. The number of nitrogens with zero attached hydrogens (tertiary/aromatic N) is 2. The summed E-state index contributed by atoms with van der Waals surface area (Å²) in [5, 5.41) is 13.4. The molecular formula is C25H24N2O6. The highest BCUT2D eigenvalue weighted by molar-refractivity contribution is 6.02. The molecular weight excluding hydrogens is 424 g/mol. The summed E-state index contributed by atoms with van der Waals surface area (Å²) in [6.45, 7) is 1.04. The Morgan fingerprint density at radius 2 is 1.64 bits per heavy atom. The molecule has 1 heterocycles. The molecule has 0 bridgehead atoms. The van der Waals surface area contributed by atoms with Crippen molar-refractivity contribution in [2.45, 2.75) is 19.3 Å². The Hall–Kier alpha value is -3.94. The van der Waals surface area contributed by atoms with Crippen LogP contribution in [0.5, 0.6) is 5.75 Å². The normalized spacial score (nSPS) is 13.5. The fourth-order valence-corrected chi connectivity index (χ4v) is 4.02. The number of fused-ring (bicyclic) bond motifs is 1. The Morgan fingerprint density at radius 1 is 0.939 bits per heavy atom. The molecule has 0 saturated carbocycles. The number of carbonyl (C=O) groups excluding carboxylic acids is 2. The van der Waals surface area contributed by atoms with Gasteiger partial charge in [0.05, 0.1) is 17.6 Å². The van der Waals surface area contributed by atoms with Gasteiger partial charge in [0, 0.05) is 24.7 Å². The number of ether oxygens (including phenoxy) is 2. The van der Waals surface area contributed by atoms with Gasteiger partial charge in [-0.15, -0.1) is 0 Å². The van der Waals surface area contributed by atoms with Crippen LogP contribution in [0.2, 0.25) is 0 Å². The molecule has 33 heavy (non-hydrogen) atoms. The van der Waals surface area contributed by atoms with E-state index < -0.39 is 17.5 Å². The van der Waals surface area contributed by atoms with Crippen LogP contribution in [-0.4, -0.2) is 43.5 Å². The van der Waals surface area contributed by atoms with Gasteiger partial charge in [-0.05, 0) is 60.4 Å². The topological polar surface area (TPSA) is 99.0 Å². The first-order valence-electron chi connectivity index (χ1n) is 10.8. The Balaban J connectivity index is 1.45. The van der Waals surface area contributed by atoms with Crippen LogP contribution in [0.1, 0.15) is 40.0 Å². The summed E-state index contributed by atoms with van der Waals surface area (Å²) in [5.74, 6) is -0.418. The average molecular weight is 448 g/mol. The van der Waals surface area contributed by atoms with E-state index in [1.807, 2.05) is 17.0 Å². The predicted molar refractivity (Wildman–Crippen MR) is 124 cm³/mol. The number of esters is 1. The number of Topliss-reactive ketones (excluding diaryl/α,β-unsaturated/α-hetero) is 1. The van der Waals surface area contributed by atoms with Crippen LogP contribution in [0.4, 0.5) is 11.4 Å². The van der Waals surface area contributed by atoms with Crippen molar-refractivity contribution in [3.05, 3.63) is 75.8 Å². The number of nitro groups is 1. The molecule has 0 radical (unpaired) electrons. The minimum absolute atomic E-state index is 0.0425. The van der Waals surface area contributed by atoms with E-state index in [0.717, 1.165) is 48.9 Å². The minimum Gasteiger partial charge on any atom is -0.497 e. The molecule has 4 rings (SSSR count). The molecule has 0 aliphatic carbocycles. The van der Waals surface area contributed by atoms with E-state index in [1.54, 1.807) is 37.4 Å². The zero-order chi connectivity index (χ0) is 23.4. The van der Waals surface area contributed by atoms with Gasteiger partial charge in [0.1, 0.15) is 11.4 Å². The van der Waals surface area contributed by atoms with Crippen LogP contribution in [0, 0.1) is 10.1 Å². The van der Waals surface area contributed by atoms with Crippen molar-refractivity contribution in [2.75, 3.05) is 31.7 Å². The monoisotopic (exact) mass is 448 g/mol. The lowest BCUT2D eigenvalue weighted by atomic mass is 10.0. The molecule has 1 saturated heterocycles. The fourth-order valence-electron chi connectivity index (χ4n) is 4.02. The fraction of sp³-hybridized carbons (Fsp3) is 0.280. The average Bonchev–Trinajstić information content (AvgIpc) is 2.86. The number of anilines is 1. The van der Waals surface area contributed by atoms with Gasteiger partial charge in [-0.1, -0.05) is 18.2 Å². The van der Waals surface area contributed by atoms with E-state index in [9.17, 15) is 19.7 Å². The largest absolute Gasteiger partial charge is 0.497 e. The summed E-state index contributed by atoms with van der Waals surface area (Å²) in [6, 6.07) is 15.0. The molecule has 3 aromatic carbocycles. The van der Waals surface area contributed by atoms with Crippen molar-refractivity contribution >= 4 is 33.9 Å². The number of piperidine rings is 1. The Morgan fingerprint density at radius 3 is 2.36 bits per heavy atom. The Kier molecular flexibility index (Phi) is 6.53. The summed E-state index contributed by atoms with van der Waals surface area (Å²) >= 11 is 0. The standard InChI is InChI=1S/C25H24N2O6/c1-32-21-9-7-17-13-19(6-5-18(17)14-21)24(28)16-33-25(29)20-8-10-22(23(15-20)27(30)31)26-11-3-2-4-12-26/h5-10,13-15H,2-4,11-12,16H2,1H3. The second-order valence-corrected chi connectivity index (χ2v) is 7.94. The van der Waals surface area contributed by atoms with Gasteiger partial charge in [0.25, 0.3) is 5.69 Å². The van der Waals surface area contributed by atoms with Crippen LogP contribution >= 0.6 is 0 Å². The second kappa shape index (κ2) is 9.68. The van der Waals surface area contributed by atoms with E-state index in [4.69, 9.17) is 9.47 Å². The Labute approximate surface area is 190 Å². The highest BCUT2D eigenvalue weighted by Gasteiger charge is 2.24. The maximum atomic E-state index is 12.6. The lowest BCUT2D eigenvalue weighted by Crippen LogP contribution is -2.30. The molecule has 0 atom stereocenters. The van der Waals surface area contributed by atoms with Crippen molar-refractivity contribution in [3.8, 4) is 5.75 Å². The summed E-state index contributed by atoms with van der Waals surface area (Å²) in [5.41, 5.74) is 0.815. The van der Waals surface area contributed by atoms with Gasteiger partial charge in [-0.2, -0.15) is 0 Å². The highest BCUT2D eigenvalue weighted by Crippen LogP contribution is 2.31. The first-order valence-corrected chi connectivity index (χ1v) is 10.8. The second-order valence-electron chi connectivity index (χ2n) is 7.94. The number of methoxy groups -OCH3 is 1. The number of hydrogen-bond donors (Lipinski definition) is 0.